The number of hydrogen-bond donors (Lipinski definition) is 4. The molecule has 0 saturated heterocycles. The molecular formula is C8H12N8. The maximum Gasteiger partial charge on any atom is 0.221 e. The summed E-state index contributed by atoms with van der Waals surface area (Å²) in [4.78, 5) is 14.5. The summed E-state index contributed by atoms with van der Waals surface area (Å²) in [6, 6.07) is 3.16. The minimum Gasteiger partial charge on any atom is -0.384 e. The van der Waals surface area contributed by atoms with E-state index in [-0.39, 0.29) is 11.9 Å². The van der Waals surface area contributed by atoms with Crippen LogP contribution < -0.4 is 22.9 Å². The van der Waals surface area contributed by atoms with Gasteiger partial charge in [0.2, 0.25) is 11.9 Å². The second-order valence-corrected chi connectivity index (χ2v) is 2.68. The average Bonchev–Trinajstić information content (AvgIpc) is 2.17. The van der Waals surface area contributed by atoms with E-state index >= 15 is 0 Å². The van der Waals surface area contributed by atoms with E-state index in [1.807, 2.05) is 0 Å². The van der Waals surface area contributed by atoms with Gasteiger partial charge in [0.25, 0.3) is 0 Å². The van der Waals surface area contributed by atoms with Crippen molar-refractivity contribution in [3.63, 3.8) is 0 Å². The van der Waals surface area contributed by atoms with E-state index in [2.05, 4.69) is 19.9 Å². The van der Waals surface area contributed by atoms with E-state index in [9.17, 15) is 0 Å². The second-order valence-electron chi connectivity index (χ2n) is 2.68. The van der Waals surface area contributed by atoms with Crippen LogP contribution in [0.3, 0.4) is 0 Å². The Hall–Kier alpha value is -2.64. The Bertz CT molecular complexity index is 379. The van der Waals surface area contributed by atoms with Gasteiger partial charge in [-0.25, -0.2) is 9.97 Å². The molecule has 0 atom stereocenters. The van der Waals surface area contributed by atoms with Crippen molar-refractivity contribution in [3.8, 4) is 0 Å². The molecule has 84 valence electrons. The normalized spacial score (nSPS) is 9.00. The zero-order chi connectivity index (χ0) is 12.0. The molecule has 0 bridgehead atoms. The smallest absolute Gasteiger partial charge is 0.221 e. The highest BCUT2D eigenvalue weighted by Gasteiger charge is 1.85. The van der Waals surface area contributed by atoms with Gasteiger partial charge in [0.05, 0.1) is 0 Å². The van der Waals surface area contributed by atoms with Crippen LogP contribution in [0.5, 0.6) is 0 Å². The molecule has 16 heavy (non-hydrogen) atoms. The minimum atomic E-state index is 0.213. The molecule has 8 nitrogen and oxygen atoms in total. The molecule has 0 radical (unpaired) electrons. The Kier molecular flexibility index (Phi) is 3.78. The summed E-state index contributed by atoms with van der Waals surface area (Å²) in [5.74, 6) is 1.23. The molecule has 0 aromatic carbocycles. The Morgan fingerprint density at radius 3 is 1.25 bits per heavy atom. The number of anilines is 4. The van der Waals surface area contributed by atoms with Crippen LogP contribution in [-0.4, -0.2) is 19.9 Å². The van der Waals surface area contributed by atoms with E-state index in [0.717, 1.165) is 0 Å². The molecule has 2 rings (SSSR count). The quantitative estimate of drug-likeness (QED) is 0.453. The molecule has 8 heteroatoms. The van der Waals surface area contributed by atoms with Gasteiger partial charge in [-0.05, 0) is 12.1 Å². The maximum atomic E-state index is 5.23. The molecule has 2 aromatic rings. The lowest BCUT2D eigenvalue weighted by molar-refractivity contribution is 1.19. The zero-order valence-corrected chi connectivity index (χ0v) is 8.41. The molecule has 2 aromatic heterocycles. The van der Waals surface area contributed by atoms with Gasteiger partial charge >= 0.3 is 0 Å². The van der Waals surface area contributed by atoms with E-state index < -0.39 is 0 Å². The Morgan fingerprint density at radius 1 is 0.688 bits per heavy atom. The third-order valence-corrected chi connectivity index (χ3v) is 1.39. The van der Waals surface area contributed by atoms with Crippen molar-refractivity contribution in [2.24, 2.45) is 0 Å². The van der Waals surface area contributed by atoms with E-state index in [1.165, 1.54) is 12.4 Å². The van der Waals surface area contributed by atoms with Crippen LogP contribution in [0.2, 0.25) is 0 Å². The van der Waals surface area contributed by atoms with Crippen molar-refractivity contribution in [1.29, 1.82) is 0 Å². The fourth-order valence-electron chi connectivity index (χ4n) is 0.777. The van der Waals surface area contributed by atoms with Crippen molar-refractivity contribution in [1.82, 2.24) is 19.9 Å². The Labute approximate surface area is 91.7 Å². The SMILES string of the molecule is Nc1ccnc(N)n1.Nc1ccnc(N)n1. The Morgan fingerprint density at radius 2 is 1.06 bits per heavy atom. The topological polar surface area (TPSA) is 156 Å². The predicted octanol–water partition coefficient (Wildman–Crippen LogP) is -0.718. The minimum absolute atomic E-state index is 0.213. The fraction of sp³-hybridized carbons (Fsp3) is 0. The van der Waals surface area contributed by atoms with Crippen molar-refractivity contribution in [3.05, 3.63) is 24.5 Å². The summed E-state index contributed by atoms with van der Waals surface area (Å²) in [6.45, 7) is 0. The van der Waals surface area contributed by atoms with E-state index in [1.54, 1.807) is 12.1 Å². The number of aromatic nitrogens is 4. The van der Waals surface area contributed by atoms with Crippen LogP contribution in [0.4, 0.5) is 23.5 Å². The third-order valence-electron chi connectivity index (χ3n) is 1.39. The van der Waals surface area contributed by atoms with Crippen LogP contribution in [-0.2, 0) is 0 Å². The van der Waals surface area contributed by atoms with Crippen LogP contribution in [0.25, 0.3) is 0 Å². The van der Waals surface area contributed by atoms with Crippen molar-refractivity contribution in [2.75, 3.05) is 22.9 Å². The number of nitrogens with zero attached hydrogens (tertiary/aromatic N) is 4. The summed E-state index contributed by atoms with van der Waals surface area (Å²) in [5, 5.41) is 0. The maximum absolute atomic E-state index is 5.23. The fourth-order valence-corrected chi connectivity index (χ4v) is 0.777. The van der Waals surface area contributed by atoms with E-state index in [0.29, 0.717) is 11.6 Å². The first kappa shape index (κ1) is 11.4. The standard InChI is InChI=1S/2C4H6N4/c2*5-3-1-2-7-4(6)8-3/h2*1-2H,(H4,5,6,7,8). The molecule has 8 N–H and O–H groups in total. The molecule has 0 fully saturated rings. The number of hydrogen-bond acceptors (Lipinski definition) is 8. The van der Waals surface area contributed by atoms with Crippen LogP contribution >= 0.6 is 0 Å². The molecule has 0 aliphatic heterocycles. The first-order chi connectivity index (χ1) is 7.58. The van der Waals surface area contributed by atoms with E-state index in [4.69, 9.17) is 22.9 Å². The first-order valence-corrected chi connectivity index (χ1v) is 4.26. The highest BCUT2D eigenvalue weighted by atomic mass is 15.0. The highest BCUT2D eigenvalue weighted by molar-refractivity contribution is 5.31. The molecule has 0 aliphatic rings. The van der Waals surface area contributed by atoms with Gasteiger partial charge in [-0.15, -0.1) is 0 Å². The van der Waals surface area contributed by atoms with Crippen LogP contribution in [0, 0.1) is 0 Å². The van der Waals surface area contributed by atoms with Gasteiger partial charge in [0, 0.05) is 12.4 Å². The lowest BCUT2D eigenvalue weighted by atomic mass is 10.6. The molecule has 0 unspecified atom stereocenters. The largest absolute Gasteiger partial charge is 0.384 e. The zero-order valence-electron chi connectivity index (χ0n) is 8.41. The molecule has 0 saturated carbocycles. The van der Waals surface area contributed by atoms with Crippen molar-refractivity contribution < 1.29 is 0 Å². The van der Waals surface area contributed by atoms with Gasteiger partial charge in [0.1, 0.15) is 11.6 Å². The molecule has 0 aliphatic carbocycles. The van der Waals surface area contributed by atoms with Crippen molar-refractivity contribution >= 4 is 23.5 Å². The first-order valence-electron chi connectivity index (χ1n) is 4.26. The average molecular weight is 220 g/mol. The van der Waals surface area contributed by atoms with Crippen LogP contribution in [0.1, 0.15) is 0 Å². The van der Waals surface area contributed by atoms with Gasteiger partial charge in [-0.2, -0.15) is 9.97 Å². The molecular weight excluding hydrogens is 208 g/mol. The lowest BCUT2D eigenvalue weighted by Gasteiger charge is -1.89. The van der Waals surface area contributed by atoms with Gasteiger partial charge in [-0.1, -0.05) is 0 Å². The number of nitrogens with two attached hydrogens (primary N) is 4. The van der Waals surface area contributed by atoms with Gasteiger partial charge < -0.3 is 22.9 Å². The number of rotatable bonds is 0. The summed E-state index contributed by atoms with van der Waals surface area (Å²) in [7, 11) is 0. The van der Waals surface area contributed by atoms with Crippen LogP contribution in [0.15, 0.2) is 24.5 Å². The lowest BCUT2D eigenvalue weighted by Crippen LogP contribution is -1.96. The number of nitrogen functional groups attached to an aromatic ring is 4. The molecule has 0 spiro atoms. The summed E-state index contributed by atoms with van der Waals surface area (Å²) >= 11 is 0. The second kappa shape index (κ2) is 5.29. The molecule has 2 heterocycles. The van der Waals surface area contributed by atoms with Gasteiger partial charge in [-0.3, -0.25) is 0 Å². The van der Waals surface area contributed by atoms with Gasteiger partial charge in [0.15, 0.2) is 0 Å². The summed E-state index contributed by atoms with van der Waals surface area (Å²) in [6.07, 6.45) is 3.02. The van der Waals surface area contributed by atoms with Crippen molar-refractivity contribution in [2.45, 2.75) is 0 Å². The Balaban J connectivity index is 0.000000160. The summed E-state index contributed by atoms with van der Waals surface area (Å²) < 4.78 is 0. The highest BCUT2D eigenvalue weighted by Crippen LogP contribution is 1.95. The monoisotopic (exact) mass is 220 g/mol. The molecule has 0 amide bonds. The summed E-state index contributed by atoms with van der Waals surface area (Å²) in [5.41, 5.74) is 20.8. The third kappa shape index (κ3) is 4.05. The predicted molar refractivity (Wildman–Crippen MR) is 61.7 cm³/mol.